The van der Waals surface area contributed by atoms with Gasteiger partial charge in [-0.3, -0.25) is 4.79 Å². The molecule has 0 unspecified atom stereocenters. The standard InChI is InChI=1S/C8H15NO2S2/c1-8(2,3)11-6(10)4-5-9-7(12)13/h4-5H2,1-3H3,(H2,9,12,13)/p-1. The third kappa shape index (κ3) is 9.49. The molecule has 0 saturated heterocycles. The summed E-state index contributed by atoms with van der Waals surface area (Å²) in [7, 11) is 0. The van der Waals surface area contributed by atoms with Gasteiger partial charge in [-0.1, -0.05) is 4.32 Å². The van der Waals surface area contributed by atoms with Gasteiger partial charge in [0.15, 0.2) is 0 Å². The second-order valence-corrected chi connectivity index (χ2v) is 4.63. The number of hydrogen-bond acceptors (Lipinski definition) is 4. The third-order valence-corrected chi connectivity index (χ3v) is 1.31. The Kier molecular flexibility index (Phi) is 5.17. The Morgan fingerprint density at radius 1 is 1.54 bits per heavy atom. The number of carbonyl (C=O) groups is 1. The number of nitrogens with one attached hydrogen (secondary N) is 1. The molecular weight excluding hydrogens is 206 g/mol. The van der Waals surface area contributed by atoms with Crippen LogP contribution in [0.3, 0.4) is 0 Å². The molecule has 0 amide bonds. The fourth-order valence-electron chi connectivity index (χ4n) is 0.659. The van der Waals surface area contributed by atoms with E-state index < -0.39 is 5.60 Å². The quantitative estimate of drug-likeness (QED) is 0.438. The van der Waals surface area contributed by atoms with E-state index in [2.05, 4.69) is 30.2 Å². The summed E-state index contributed by atoms with van der Waals surface area (Å²) in [6.45, 7) is 5.93. The summed E-state index contributed by atoms with van der Waals surface area (Å²) in [6.07, 6.45) is 0.286. The molecule has 0 heterocycles. The molecule has 0 fully saturated rings. The van der Waals surface area contributed by atoms with E-state index in [0.717, 1.165) is 0 Å². The van der Waals surface area contributed by atoms with E-state index in [0.29, 0.717) is 6.54 Å². The Balaban J connectivity index is 3.59. The first-order chi connectivity index (χ1) is 5.81. The lowest BCUT2D eigenvalue weighted by molar-refractivity contribution is -0.154. The molecule has 13 heavy (non-hydrogen) atoms. The van der Waals surface area contributed by atoms with Crippen molar-refractivity contribution in [2.45, 2.75) is 32.8 Å². The molecule has 0 radical (unpaired) electrons. The molecule has 0 aromatic heterocycles. The van der Waals surface area contributed by atoms with E-state index in [4.69, 9.17) is 4.74 Å². The Morgan fingerprint density at radius 2 is 2.08 bits per heavy atom. The highest BCUT2D eigenvalue weighted by Crippen LogP contribution is 2.07. The number of rotatable bonds is 3. The van der Waals surface area contributed by atoms with Crippen LogP contribution in [0.2, 0.25) is 0 Å². The minimum atomic E-state index is -0.425. The molecule has 5 heteroatoms. The molecule has 0 saturated carbocycles. The summed E-state index contributed by atoms with van der Waals surface area (Å²) in [5.41, 5.74) is -0.425. The van der Waals surface area contributed by atoms with Crippen LogP contribution in [0.25, 0.3) is 0 Å². The Labute approximate surface area is 89.6 Å². The second kappa shape index (κ2) is 5.34. The highest BCUT2D eigenvalue weighted by atomic mass is 32.1. The lowest BCUT2D eigenvalue weighted by Gasteiger charge is -2.19. The molecule has 0 aliphatic heterocycles. The first-order valence-electron chi connectivity index (χ1n) is 3.98. The van der Waals surface area contributed by atoms with Crippen LogP contribution in [0.1, 0.15) is 27.2 Å². The Morgan fingerprint density at radius 3 is 2.46 bits per heavy atom. The van der Waals surface area contributed by atoms with Crippen LogP contribution in [-0.4, -0.2) is 22.4 Å². The minimum absolute atomic E-state index is 0.244. The van der Waals surface area contributed by atoms with Crippen molar-refractivity contribution in [3.8, 4) is 0 Å². The summed E-state index contributed by atoms with van der Waals surface area (Å²) < 4.78 is 5.34. The summed E-state index contributed by atoms with van der Waals surface area (Å²) in [5.74, 6) is -0.244. The lowest BCUT2D eigenvalue weighted by Crippen LogP contribution is -2.28. The van der Waals surface area contributed by atoms with E-state index in [1.54, 1.807) is 0 Å². The van der Waals surface area contributed by atoms with Crippen LogP contribution in [0, 0.1) is 0 Å². The highest BCUT2D eigenvalue weighted by Gasteiger charge is 2.15. The van der Waals surface area contributed by atoms with Gasteiger partial charge < -0.3 is 34.9 Å². The zero-order valence-electron chi connectivity index (χ0n) is 8.05. The van der Waals surface area contributed by atoms with Crippen LogP contribution in [0.5, 0.6) is 0 Å². The highest BCUT2D eigenvalue weighted by molar-refractivity contribution is 8.00. The van der Waals surface area contributed by atoms with Crippen LogP contribution in [0.4, 0.5) is 0 Å². The summed E-state index contributed by atoms with van der Waals surface area (Å²) in [4.78, 5) is 11.1. The largest absolute Gasteiger partial charge is 0.460 e. The van der Waals surface area contributed by atoms with Crippen molar-refractivity contribution < 1.29 is 9.53 Å². The lowest BCUT2D eigenvalue weighted by atomic mass is 10.2. The molecule has 0 atom stereocenters. The monoisotopic (exact) mass is 220 g/mol. The predicted molar refractivity (Wildman–Crippen MR) is 58.4 cm³/mol. The summed E-state index contributed by atoms with van der Waals surface area (Å²) in [5, 5.41) is 2.71. The third-order valence-electron chi connectivity index (χ3n) is 1.02. The normalized spacial score (nSPS) is 10.7. The molecular formula is C8H14NO2S2-. The molecule has 0 aliphatic rings. The van der Waals surface area contributed by atoms with Gasteiger partial charge in [-0.25, -0.2) is 0 Å². The zero-order chi connectivity index (χ0) is 10.5. The van der Waals surface area contributed by atoms with Crippen LogP contribution in [0.15, 0.2) is 0 Å². The molecule has 76 valence electrons. The predicted octanol–water partition coefficient (Wildman–Crippen LogP) is 1.14. The van der Waals surface area contributed by atoms with Crippen molar-refractivity contribution in [2.75, 3.05) is 6.54 Å². The van der Waals surface area contributed by atoms with Gasteiger partial charge >= 0.3 is 5.97 Å². The van der Waals surface area contributed by atoms with Gasteiger partial charge in [-0.15, -0.1) is 0 Å². The van der Waals surface area contributed by atoms with Crippen molar-refractivity contribution in [3.63, 3.8) is 0 Å². The maximum Gasteiger partial charge on any atom is 0.308 e. The molecule has 3 nitrogen and oxygen atoms in total. The average Bonchev–Trinajstić information content (AvgIpc) is 1.81. The smallest absolute Gasteiger partial charge is 0.308 e. The van der Waals surface area contributed by atoms with E-state index in [1.807, 2.05) is 20.8 Å². The van der Waals surface area contributed by atoms with Crippen LogP contribution in [-0.2, 0) is 22.2 Å². The van der Waals surface area contributed by atoms with E-state index >= 15 is 0 Å². The van der Waals surface area contributed by atoms with Gasteiger partial charge in [0, 0.05) is 6.54 Å². The van der Waals surface area contributed by atoms with E-state index in [9.17, 15) is 4.79 Å². The van der Waals surface area contributed by atoms with Gasteiger partial charge in [-0.05, 0) is 20.8 Å². The summed E-state index contributed by atoms with van der Waals surface area (Å²) in [6, 6.07) is 0. The second-order valence-electron chi connectivity index (χ2n) is 3.55. The number of hydrogen-bond donors (Lipinski definition) is 1. The molecule has 0 rings (SSSR count). The zero-order valence-corrected chi connectivity index (χ0v) is 9.68. The number of thiocarbonyl (C=S) groups is 1. The molecule has 0 bridgehead atoms. The van der Waals surface area contributed by atoms with Crippen molar-refractivity contribution in [3.05, 3.63) is 0 Å². The topological polar surface area (TPSA) is 38.3 Å². The van der Waals surface area contributed by atoms with Gasteiger partial charge in [0.25, 0.3) is 0 Å². The van der Waals surface area contributed by atoms with Crippen molar-refractivity contribution in [1.29, 1.82) is 0 Å². The van der Waals surface area contributed by atoms with Gasteiger partial charge in [0.1, 0.15) is 5.60 Å². The molecule has 0 aromatic rings. The maximum atomic E-state index is 11.1. The summed E-state index contributed by atoms with van der Waals surface area (Å²) >= 11 is 9.22. The number of ether oxygens (including phenoxy) is 1. The van der Waals surface area contributed by atoms with Crippen molar-refractivity contribution in [2.24, 2.45) is 0 Å². The SMILES string of the molecule is CC(C)(C)OC(=O)CCNC(=S)[S-]. The van der Waals surface area contributed by atoms with Crippen LogP contribution >= 0.6 is 12.2 Å². The molecule has 1 N–H and O–H groups in total. The van der Waals surface area contributed by atoms with Crippen molar-refractivity contribution >= 4 is 35.1 Å². The fourth-order valence-corrected chi connectivity index (χ4v) is 0.863. The fraction of sp³-hybridized carbons (Fsp3) is 0.750. The Hall–Kier alpha value is -0.420. The van der Waals surface area contributed by atoms with Gasteiger partial charge in [-0.2, -0.15) is 0 Å². The van der Waals surface area contributed by atoms with Crippen molar-refractivity contribution in [1.82, 2.24) is 5.32 Å². The molecule has 0 aliphatic carbocycles. The molecule has 0 aromatic carbocycles. The number of carbonyl (C=O) groups excluding carboxylic acids is 1. The minimum Gasteiger partial charge on any atom is -0.460 e. The number of esters is 1. The van der Waals surface area contributed by atoms with E-state index in [-0.39, 0.29) is 16.7 Å². The first-order valence-corrected chi connectivity index (χ1v) is 4.79. The first kappa shape index (κ1) is 12.6. The van der Waals surface area contributed by atoms with Gasteiger partial charge in [0.05, 0.1) is 6.42 Å². The van der Waals surface area contributed by atoms with Crippen LogP contribution < -0.4 is 5.32 Å². The maximum absolute atomic E-state index is 11.1. The Bertz CT molecular complexity index is 199. The average molecular weight is 220 g/mol. The molecule has 0 spiro atoms. The van der Waals surface area contributed by atoms with E-state index in [1.165, 1.54) is 0 Å². The van der Waals surface area contributed by atoms with Gasteiger partial charge in [0.2, 0.25) is 0 Å².